The molecule has 0 amide bonds. The van der Waals surface area contributed by atoms with E-state index in [1.807, 2.05) is 24.3 Å². The summed E-state index contributed by atoms with van der Waals surface area (Å²) < 4.78 is 21.5. The molecule has 1 aliphatic rings. The molecule has 88 valence electrons. The van der Waals surface area contributed by atoms with Crippen LogP contribution in [-0.4, -0.2) is 25.9 Å². The van der Waals surface area contributed by atoms with Crippen LogP contribution in [0.1, 0.15) is 6.42 Å². The third kappa shape index (κ3) is 4.09. The van der Waals surface area contributed by atoms with Gasteiger partial charge in [-0.3, -0.25) is 4.57 Å². The van der Waals surface area contributed by atoms with Crippen LogP contribution >= 0.6 is 20.0 Å². The summed E-state index contributed by atoms with van der Waals surface area (Å²) in [4.78, 5) is 0. The Hall–Kier alpha value is -0.120. The van der Waals surface area contributed by atoms with E-state index in [0.717, 1.165) is 0 Å². The van der Waals surface area contributed by atoms with Crippen LogP contribution in [0.15, 0.2) is 24.3 Å². The van der Waals surface area contributed by atoms with Crippen molar-refractivity contribution in [2.24, 2.45) is 5.73 Å². The first-order valence-electron chi connectivity index (χ1n) is 4.37. The Kier molecular flexibility index (Phi) is 5.78. The zero-order valence-corrected chi connectivity index (χ0v) is 10.6. The van der Waals surface area contributed by atoms with Gasteiger partial charge in [0.15, 0.2) is 0 Å². The molecule has 0 radical (unpaired) electrons. The highest BCUT2D eigenvalue weighted by molar-refractivity contribution is 7.53. The van der Waals surface area contributed by atoms with Gasteiger partial charge in [0.2, 0.25) is 0 Å². The second-order valence-electron chi connectivity index (χ2n) is 3.36. The molecule has 1 rings (SSSR count). The van der Waals surface area contributed by atoms with Crippen LogP contribution < -0.4 is 5.73 Å². The molecule has 2 N–H and O–H groups in total. The van der Waals surface area contributed by atoms with E-state index < -0.39 is 13.1 Å². The zero-order valence-electron chi connectivity index (χ0n) is 8.88. The van der Waals surface area contributed by atoms with E-state index in [2.05, 4.69) is 0 Å². The van der Waals surface area contributed by atoms with E-state index in [1.54, 1.807) is 0 Å². The molecule has 1 aliphatic carbocycles. The van der Waals surface area contributed by atoms with E-state index >= 15 is 0 Å². The highest BCUT2D eigenvalue weighted by Crippen LogP contribution is 2.49. The maximum atomic E-state index is 11.8. The summed E-state index contributed by atoms with van der Waals surface area (Å²) in [5.41, 5.74) is 5.41. The molecule has 0 aromatic rings. The molecular formula is C9H17ClNO3P. The molecule has 0 aromatic carbocycles. The first kappa shape index (κ1) is 14.9. The van der Waals surface area contributed by atoms with Crippen LogP contribution in [0.2, 0.25) is 0 Å². The molecule has 1 atom stereocenters. The van der Waals surface area contributed by atoms with Gasteiger partial charge in [-0.05, 0) is 6.42 Å². The van der Waals surface area contributed by atoms with E-state index in [9.17, 15) is 4.57 Å². The summed E-state index contributed by atoms with van der Waals surface area (Å²) in [6, 6.07) is 0. The van der Waals surface area contributed by atoms with Gasteiger partial charge in [0.05, 0.1) is 6.16 Å². The zero-order chi connectivity index (χ0) is 10.7. The topological polar surface area (TPSA) is 61.5 Å². The Bertz CT molecular complexity index is 298. The molecule has 15 heavy (non-hydrogen) atoms. The summed E-state index contributed by atoms with van der Waals surface area (Å²) >= 11 is 0. The molecule has 0 aromatic heterocycles. The van der Waals surface area contributed by atoms with Gasteiger partial charge in [0.25, 0.3) is 0 Å². The third-order valence-corrected chi connectivity index (χ3v) is 4.31. The minimum atomic E-state index is -3.03. The van der Waals surface area contributed by atoms with Crippen molar-refractivity contribution in [3.63, 3.8) is 0 Å². The Morgan fingerprint density at radius 3 is 2.40 bits per heavy atom. The number of halogens is 1. The van der Waals surface area contributed by atoms with Crippen LogP contribution in [0.5, 0.6) is 0 Å². The van der Waals surface area contributed by atoms with Crippen molar-refractivity contribution in [2.45, 2.75) is 12.0 Å². The van der Waals surface area contributed by atoms with Gasteiger partial charge in [-0.2, -0.15) is 0 Å². The Morgan fingerprint density at radius 1 is 1.40 bits per heavy atom. The first-order valence-corrected chi connectivity index (χ1v) is 6.10. The summed E-state index contributed by atoms with van der Waals surface area (Å²) in [7, 11) is -0.283. The highest BCUT2D eigenvalue weighted by Gasteiger charge is 2.34. The van der Waals surface area contributed by atoms with E-state index in [-0.39, 0.29) is 18.6 Å². The molecule has 0 spiro atoms. The van der Waals surface area contributed by atoms with Crippen molar-refractivity contribution >= 4 is 20.0 Å². The van der Waals surface area contributed by atoms with Crippen LogP contribution in [0.3, 0.4) is 0 Å². The van der Waals surface area contributed by atoms with E-state index in [4.69, 9.17) is 14.8 Å². The lowest BCUT2D eigenvalue weighted by Gasteiger charge is -2.28. The second-order valence-corrected chi connectivity index (χ2v) is 5.63. The lowest BCUT2D eigenvalue weighted by Crippen LogP contribution is -2.41. The number of hydrogen-bond acceptors (Lipinski definition) is 4. The standard InChI is InChI=1S/C9H16NO3P.ClH/c1-12-14(11,13-2)8-9(10)6-4-3-5-7-9;/h3-6H,7-8,10H2,1-2H3;1H. The molecule has 4 nitrogen and oxygen atoms in total. The quantitative estimate of drug-likeness (QED) is 0.780. The van der Waals surface area contributed by atoms with Gasteiger partial charge in [-0.1, -0.05) is 24.3 Å². The van der Waals surface area contributed by atoms with E-state index in [0.29, 0.717) is 6.42 Å². The van der Waals surface area contributed by atoms with Gasteiger partial charge in [0, 0.05) is 19.8 Å². The summed E-state index contributed by atoms with van der Waals surface area (Å²) in [6.45, 7) is 0. The molecule has 0 fully saturated rings. The van der Waals surface area contributed by atoms with Gasteiger partial charge in [-0.15, -0.1) is 12.4 Å². The first-order chi connectivity index (χ1) is 6.54. The van der Waals surface area contributed by atoms with Gasteiger partial charge < -0.3 is 14.8 Å². The molecule has 1 unspecified atom stereocenters. The highest BCUT2D eigenvalue weighted by atomic mass is 35.5. The SMILES string of the molecule is COP(=O)(CC1(N)C=CC=CC1)OC.Cl. The fourth-order valence-corrected chi connectivity index (χ4v) is 2.73. The number of nitrogens with two attached hydrogens (primary N) is 1. The second kappa shape index (κ2) is 5.83. The Balaban J connectivity index is 0.00000196. The predicted molar refractivity (Wildman–Crippen MR) is 63.6 cm³/mol. The summed E-state index contributed by atoms with van der Waals surface area (Å²) in [5, 5.41) is 0. The number of rotatable bonds is 4. The predicted octanol–water partition coefficient (Wildman–Crippen LogP) is 2.11. The molecule has 0 aliphatic heterocycles. The van der Waals surface area contributed by atoms with Crippen molar-refractivity contribution in [2.75, 3.05) is 20.4 Å². The van der Waals surface area contributed by atoms with Gasteiger partial charge in [0.1, 0.15) is 0 Å². The third-order valence-electron chi connectivity index (χ3n) is 2.22. The minimum absolute atomic E-state index is 0. The van der Waals surface area contributed by atoms with Crippen molar-refractivity contribution in [1.29, 1.82) is 0 Å². The normalized spacial score (nSPS) is 25.0. The maximum Gasteiger partial charge on any atom is 0.332 e. The van der Waals surface area contributed by atoms with E-state index in [1.165, 1.54) is 14.2 Å². The maximum absolute atomic E-state index is 11.8. The molecular weight excluding hydrogens is 237 g/mol. The van der Waals surface area contributed by atoms with Crippen molar-refractivity contribution in [3.8, 4) is 0 Å². The van der Waals surface area contributed by atoms with Crippen LogP contribution in [0, 0.1) is 0 Å². The fourth-order valence-electron chi connectivity index (χ4n) is 1.36. The molecule has 0 heterocycles. The fraction of sp³-hybridized carbons (Fsp3) is 0.556. The lowest BCUT2D eigenvalue weighted by atomic mass is 9.95. The monoisotopic (exact) mass is 253 g/mol. The van der Waals surface area contributed by atoms with Crippen molar-refractivity contribution < 1.29 is 13.6 Å². The lowest BCUT2D eigenvalue weighted by molar-refractivity contribution is 0.269. The Morgan fingerprint density at radius 2 is 2.00 bits per heavy atom. The number of hydrogen-bond donors (Lipinski definition) is 1. The average molecular weight is 254 g/mol. The molecule has 0 saturated carbocycles. The van der Waals surface area contributed by atoms with Crippen molar-refractivity contribution in [1.82, 2.24) is 0 Å². The van der Waals surface area contributed by atoms with Crippen LogP contribution in [0.4, 0.5) is 0 Å². The molecule has 0 bridgehead atoms. The average Bonchev–Trinajstić information content (AvgIpc) is 2.18. The largest absolute Gasteiger partial charge is 0.332 e. The molecule has 6 heteroatoms. The van der Waals surface area contributed by atoms with Gasteiger partial charge in [-0.25, -0.2) is 0 Å². The van der Waals surface area contributed by atoms with Gasteiger partial charge >= 0.3 is 7.60 Å². The Labute approximate surface area is 96.5 Å². The van der Waals surface area contributed by atoms with Crippen LogP contribution in [0.25, 0.3) is 0 Å². The van der Waals surface area contributed by atoms with Crippen molar-refractivity contribution in [3.05, 3.63) is 24.3 Å². The molecule has 0 saturated heterocycles. The smallest absolute Gasteiger partial charge is 0.321 e. The number of allylic oxidation sites excluding steroid dienone is 2. The minimum Gasteiger partial charge on any atom is -0.321 e. The van der Waals surface area contributed by atoms with Crippen LogP contribution in [-0.2, 0) is 13.6 Å². The summed E-state index contributed by atoms with van der Waals surface area (Å²) in [5.74, 6) is 0. The summed E-state index contributed by atoms with van der Waals surface area (Å²) in [6.07, 6.45) is 8.39.